The van der Waals surface area contributed by atoms with E-state index in [9.17, 15) is 0 Å². The fourth-order valence-corrected chi connectivity index (χ4v) is 2.90. The number of aromatic nitrogens is 1. The van der Waals surface area contributed by atoms with Crippen LogP contribution in [0.3, 0.4) is 0 Å². The lowest BCUT2D eigenvalue weighted by Gasteiger charge is -2.17. The van der Waals surface area contributed by atoms with E-state index in [1.54, 1.807) is 12.4 Å². The molecule has 0 fully saturated rings. The summed E-state index contributed by atoms with van der Waals surface area (Å²) < 4.78 is 0. The van der Waals surface area contributed by atoms with E-state index in [0.717, 1.165) is 23.1 Å². The molecule has 2 nitrogen and oxygen atoms in total. The standard InChI is InChI=1S/C13H21ClN2S/c1-10(2)8-17-9-12(15-3)6-11-4-5-16-7-13(11)14/h4-5,7,10,12,15H,6,8-9H2,1-3H3. The fraction of sp³-hybridized carbons (Fsp3) is 0.615. The Kier molecular flexibility index (Phi) is 6.93. The Bertz CT molecular complexity index is 331. The Balaban J connectivity index is 2.44. The molecule has 1 aromatic heterocycles. The summed E-state index contributed by atoms with van der Waals surface area (Å²) in [6.45, 7) is 4.50. The minimum Gasteiger partial charge on any atom is -0.316 e. The Morgan fingerprint density at radius 2 is 2.18 bits per heavy atom. The van der Waals surface area contributed by atoms with Crippen LogP contribution in [0.2, 0.25) is 5.02 Å². The highest BCUT2D eigenvalue weighted by Gasteiger charge is 2.10. The van der Waals surface area contributed by atoms with Crippen LogP contribution in [0.15, 0.2) is 18.5 Å². The zero-order chi connectivity index (χ0) is 12.7. The molecule has 0 aromatic carbocycles. The van der Waals surface area contributed by atoms with E-state index in [2.05, 4.69) is 24.1 Å². The maximum absolute atomic E-state index is 6.11. The monoisotopic (exact) mass is 272 g/mol. The van der Waals surface area contributed by atoms with Crippen molar-refractivity contribution in [1.82, 2.24) is 10.3 Å². The van der Waals surface area contributed by atoms with Gasteiger partial charge in [-0.3, -0.25) is 4.98 Å². The van der Waals surface area contributed by atoms with Crippen LogP contribution in [0.1, 0.15) is 19.4 Å². The number of rotatable bonds is 7. The molecule has 17 heavy (non-hydrogen) atoms. The van der Waals surface area contributed by atoms with Gasteiger partial charge in [0.05, 0.1) is 5.02 Å². The molecule has 1 aromatic rings. The first-order valence-electron chi connectivity index (χ1n) is 5.97. The number of thioether (sulfide) groups is 1. The zero-order valence-electron chi connectivity index (χ0n) is 10.7. The van der Waals surface area contributed by atoms with Crippen LogP contribution in [-0.4, -0.2) is 29.6 Å². The van der Waals surface area contributed by atoms with Gasteiger partial charge in [-0.1, -0.05) is 25.4 Å². The van der Waals surface area contributed by atoms with Gasteiger partial charge in [-0.15, -0.1) is 0 Å². The molecule has 4 heteroatoms. The van der Waals surface area contributed by atoms with Crippen LogP contribution in [0.4, 0.5) is 0 Å². The van der Waals surface area contributed by atoms with E-state index in [-0.39, 0.29) is 0 Å². The summed E-state index contributed by atoms with van der Waals surface area (Å²) >= 11 is 8.11. The van der Waals surface area contributed by atoms with Crippen molar-refractivity contribution in [3.8, 4) is 0 Å². The van der Waals surface area contributed by atoms with Crippen molar-refractivity contribution < 1.29 is 0 Å². The second kappa shape index (κ2) is 7.96. The second-order valence-electron chi connectivity index (χ2n) is 4.59. The number of nitrogens with zero attached hydrogens (tertiary/aromatic N) is 1. The van der Waals surface area contributed by atoms with Gasteiger partial charge in [0.1, 0.15) is 0 Å². The van der Waals surface area contributed by atoms with Crippen molar-refractivity contribution in [1.29, 1.82) is 0 Å². The van der Waals surface area contributed by atoms with E-state index in [0.29, 0.717) is 6.04 Å². The van der Waals surface area contributed by atoms with Crippen molar-refractivity contribution in [3.63, 3.8) is 0 Å². The molecule has 1 rings (SSSR count). The van der Waals surface area contributed by atoms with Gasteiger partial charge in [0.25, 0.3) is 0 Å². The van der Waals surface area contributed by atoms with Gasteiger partial charge in [-0.2, -0.15) is 11.8 Å². The lowest BCUT2D eigenvalue weighted by atomic mass is 10.1. The molecule has 0 aliphatic carbocycles. The minimum absolute atomic E-state index is 0.471. The Labute approximate surface area is 114 Å². The zero-order valence-corrected chi connectivity index (χ0v) is 12.3. The number of halogens is 1. The topological polar surface area (TPSA) is 24.9 Å². The van der Waals surface area contributed by atoms with Crippen molar-refractivity contribution in [3.05, 3.63) is 29.0 Å². The average molecular weight is 273 g/mol. The van der Waals surface area contributed by atoms with Gasteiger partial charge >= 0.3 is 0 Å². The predicted molar refractivity (Wildman–Crippen MR) is 78.0 cm³/mol. The van der Waals surface area contributed by atoms with E-state index < -0.39 is 0 Å². The summed E-state index contributed by atoms with van der Waals surface area (Å²) in [6.07, 6.45) is 4.48. The van der Waals surface area contributed by atoms with Crippen molar-refractivity contribution in [2.45, 2.75) is 26.3 Å². The summed E-state index contributed by atoms with van der Waals surface area (Å²) in [7, 11) is 2.01. The molecule has 0 radical (unpaired) electrons. The van der Waals surface area contributed by atoms with Crippen molar-refractivity contribution in [2.75, 3.05) is 18.6 Å². The minimum atomic E-state index is 0.471. The first-order chi connectivity index (χ1) is 8.13. The molecule has 0 amide bonds. The summed E-state index contributed by atoms with van der Waals surface area (Å²) in [5, 5.41) is 4.12. The molecule has 96 valence electrons. The van der Waals surface area contributed by atoms with Gasteiger partial charge in [0, 0.05) is 24.2 Å². The quantitative estimate of drug-likeness (QED) is 0.825. The number of likely N-dealkylation sites (N-methyl/N-ethyl adjacent to an activating group) is 1. The second-order valence-corrected chi connectivity index (χ2v) is 6.07. The highest BCUT2D eigenvalue weighted by molar-refractivity contribution is 7.99. The van der Waals surface area contributed by atoms with E-state index in [1.807, 2.05) is 24.9 Å². The largest absolute Gasteiger partial charge is 0.316 e. The smallest absolute Gasteiger partial charge is 0.0621 e. The number of hydrogen-bond donors (Lipinski definition) is 1. The van der Waals surface area contributed by atoms with E-state index in [1.165, 1.54) is 11.3 Å². The third-order valence-corrected chi connectivity index (χ3v) is 4.38. The van der Waals surface area contributed by atoms with Crippen LogP contribution in [0, 0.1) is 5.92 Å². The van der Waals surface area contributed by atoms with Crippen LogP contribution in [0.5, 0.6) is 0 Å². The number of pyridine rings is 1. The van der Waals surface area contributed by atoms with Gasteiger partial charge in [0.15, 0.2) is 0 Å². The molecule has 1 heterocycles. The third kappa shape index (κ3) is 5.75. The molecule has 0 saturated carbocycles. The predicted octanol–water partition coefficient (Wildman–Crippen LogP) is 3.25. The van der Waals surface area contributed by atoms with Gasteiger partial charge in [0.2, 0.25) is 0 Å². The molecule has 1 N–H and O–H groups in total. The van der Waals surface area contributed by atoms with Gasteiger partial charge in [-0.05, 0) is 36.8 Å². The Morgan fingerprint density at radius 1 is 1.41 bits per heavy atom. The van der Waals surface area contributed by atoms with Crippen LogP contribution in [-0.2, 0) is 6.42 Å². The highest BCUT2D eigenvalue weighted by atomic mass is 35.5. The third-order valence-electron chi connectivity index (χ3n) is 2.50. The highest BCUT2D eigenvalue weighted by Crippen LogP contribution is 2.17. The molecule has 1 atom stereocenters. The van der Waals surface area contributed by atoms with Crippen molar-refractivity contribution in [2.24, 2.45) is 5.92 Å². The van der Waals surface area contributed by atoms with E-state index >= 15 is 0 Å². The number of nitrogens with one attached hydrogen (secondary N) is 1. The lowest BCUT2D eigenvalue weighted by Crippen LogP contribution is -2.30. The van der Waals surface area contributed by atoms with Gasteiger partial charge < -0.3 is 5.32 Å². The summed E-state index contributed by atoms with van der Waals surface area (Å²) in [4.78, 5) is 4.01. The van der Waals surface area contributed by atoms with Crippen LogP contribution < -0.4 is 5.32 Å². The van der Waals surface area contributed by atoms with Gasteiger partial charge in [-0.25, -0.2) is 0 Å². The van der Waals surface area contributed by atoms with E-state index in [4.69, 9.17) is 11.6 Å². The first-order valence-corrected chi connectivity index (χ1v) is 7.50. The molecular weight excluding hydrogens is 252 g/mol. The summed E-state index contributed by atoms with van der Waals surface area (Å²) in [5.41, 5.74) is 1.17. The summed E-state index contributed by atoms with van der Waals surface area (Å²) in [6, 6.07) is 2.47. The maximum atomic E-state index is 6.11. The Morgan fingerprint density at radius 3 is 2.76 bits per heavy atom. The molecule has 1 unspecified atom stereocenters. The molecule has 0 aliphatic rings. The normalized spacial score (nSPS) is 13.0. The average Bonchev–Trinajstić information content (AvgIpc) is 2.30. The maximum Gasteiger partial charge on any atom is 0.0621 e. The molecule has 0 aliphatic heterocycles. The van der Waals surface area contributed by atoms with Crippen LogP contribution in [0.25, 0.3) is 0 Å². The fourth-order valence-electron chi connectivity index (χ4n) is 1.53. The van der Waals surface area contributed by atoms with Crippen molar-refractivity contribution >= 4 is 23.4 Å². The first kappa shape index (κ1) is 14.8. The molecule has 0 spiro atoms. The number of hydrogen-bond acceptors (Lipinski definition) is 3. The Hall–Kier alpha value is -0.250. The molecule has 0 bridgehead atoms. The van der Waals surface area contributed by atoms with Crippen LogP contribution >= 0.6 is 23.4 Å². The molecular formula is C13H21ClN2S. The summed E-state index contributed by atoms with van der Waals surface area (Å²) in [5.74, 6) is 3.08. The SMILES string of the molecule is CNC(CSCC(C)C)Cc1ccncc1Cl. The molecule has 0 saturated heterocycles. The lowest BCUT2D eigenvalue weighted by molar-refractivity contribution is 0.615.